The standard InChI is InChI=1S/C24H20BrNO3S/c1-17-11-13-19(14-12-17)30(28,29)26-16-15-21(20-9-5-6-10-22(20)25)23(24(26)27)18-7-3-2-4-8-18/h2-15,23H,16H2,1H3. The molecule has 30 heavy (non-hydrogen) atoms. The molecular formula is C24H20BrNO3S. The van der Waals surface area contributed by atoms with E-state index in [4.69, 9.17) is 0 Å². The molecular weight excluding hydrogens is 462 g/mol. The molecule has 1 heterocycles. The molecule has 4 nitrogen and oxygen atoms in total. The normalized spacial score (nSPS) is 17.0. The van der Waals surface area contributed by atoms with Crippen LogP contribution in [0.1, 0.15) is 22.6 Å². The van der Waals surface area contributed by atoms with Gasteiger partial charge in [-0.05, 0) is 41.8 Å². The Bertz CT molecular complexity index is 1220. The number of nitrogens with zero attached hydrogens (tertiary/aromatic N) is 1. The van der Waals surface area contributed by atoms with E-state index in [0.717, 1.165) is 31.0 Å². The lowest BCUT2D eigenvalue weighted by molar-refractivity contribution is -0.126. The van der Waals surface area contributed by atoms with Crippen molar-refractivity contribution in [2.45, 2.75) is 17.7 Å². The highest BCUT2D eigenvalue weighted by atomic mass is 79.9. The maximum atomic E-state index is 13.6. The van der Waals surface area contributed by atoms with Gasteiger partial charge in [0.25, 0.3) is 10.0 Å². The summed E-state index contributed by atoms with van der Waals surface area (Å²) >= 11 is 3.57. The minimum Gasteiger partial charge on any atom is -0.273 e. The first kappa shape index (κ1) is 20.6. The van der Waals surface area contributed by atoms with Crippen LogP contribution in [0.4, 0.5) is 0 Å². The first-order valence-corrected chi connectivity index (χ1v) is 11.8. The van der Waals surface area contributed by atoms with E-state index in [-0.39, 0.29) is 11.4 Å². The zero-order valence-corrected chi connectivity index (χ0v) is 18.7. The second-order valence-corrected chi connectivity index (χ2v) is 9.89. The van der Waals surface area contributed by atoms with Gasteiger partial charge in [0.2, 0.25) is 5.91 Å². The van der Waals surface area contributed by atoms with Crippen LogP contribution >= 0.6 is 15.9 Å². The van der Waals surface area contributed by atoms with Crippen molar-refractivity contribution in [2.24, 2.45) is 0 Å². The maximum absolute atomic E-state index is 13.6. The van der Waals surface area contributed by atoms with Crippen LogP contribution in [-0.2, 0) is 14.8 Å². The van der Waals surface area contributed by atoms with Gasteiger partial charge in [-0.25, -0.2) is 12.7 Å². The van der Waals surface area contributed by atoms with Crippen LogP contribution < -0.4 is 0 Å². The van der Waals surface area contributed by atoms with Crippen LogP contribution in [0.2, 0.25) is 0 Å². The van der Waals surface area contributed by atoms with Gasteiger partial charge in [0.05, 0.1) is 17.4 Å². The molecule has 152 valence electrons. The number of halogens is 1. The number of rotatable bonds is 4. The van der Waals surface area contributed by atoms with Gasteiger partial charge in [0, 0.05) is 4.47 Å². The molecule has 1 atom stereocenters. The van der Waals surface area contributed by atoms with Crippen LogP contribution in [0, 0.1) is 6.92 Å². The van der Waals surface area contributed by atoms with E-state index in [9.17, 15) is 13.2 Å². The summed E-state index contributed by atoms with van der Waals surface area (Å²) in [6.45, 7) is 1.88. The van der Waals surface area contributed by atoms with Gasteiger partial charge in [0.15, 0.2) is 0 Å². The number of amides is 1. The maximum Gasteiger partial charge on any atom is 0.266 e. The molecule has 0 aromatic heterocycles. The summed E-state index contributed by atoms with van der Waals surface area (Å²) < 4.78 is 28.4. The number of sulfonamides is 1. The van der Waals surface area contributed by atoms with E-state index in [2.05, 4.69) is 15.9 Å². The smallest absolute Gasteiger partial charge is 0.266 e. The van der Waals surface area contributed by atoms with Crippen LogP contribution in [0.5, 0.6) is 0 Å². The fraction of sp³-hybridized carbons (Fsp3) is 0.125. The van der Waals surface area contributed by atoms with Gasteiger partial charge in [0.1, 0.15) is 0 Å². The molecule has 3 aromatic carbocycles. The Morgan fingerprint density at radius 1 is 0.900 bits per heavy atom. The van der Waals surface area contributed by atoms with Crippen molar-refractivity contribution in [1.82, 2.24) is 4.31 Å². The lowest BCUT2D eigenvalue weighted by atomic mass is 9.84. The first-order chi connectivity index (χ1) is 14.4. The van der Waals surface area contributed by atoms with E-state index in [0.29, 0.717) is 0 Å². The van der Waals surface area contributed by atoms with Gasteiger partial charge >= 0.3 is 0 Å². The Morgan fingerprint density at radius 3 is 2.20 bits per heavy atom. The Hall–Kier alpha value is -2.70. The topological polar surface area (TPSA) is 54.5 Å². The van der Waals surface area contributed by atoms with Crippen molar-refractivity contribution in [3.05, 3.63) is 106 Å². The predicted molar refractivity (Wildman–Crippen MR) is 121 cm³/mol. The summed E-state index contributed by atoms with van der Waals surface area (Å²) in [5.41, 5.74) is 3.40. The number of carbonyl (C=O) groups is 1. The Kier molecular flexibility index (Phi) is 5.62. The van der Waals surface area contributed by atoms with Crippen molar-refractivity contribution in [2.75, 3.05) is 6.54 Å². The van der Waals surface area contributed by atoms with Crippen LogP contribution in [0.25, 0.3) is 5.57 Å². The molecule has 3 aromatic rings. The lowest BCUT2D eigenvalue weighted by Gasteiger charge is -2.32. The van der Waals surface area contributed by atoms with Crippen molar-refractivity contribution < 1.29 is 13.2 Å². The fourth-order valence-corrected chi connectivity index (χ4v) is 5.51. The van der Waals surface area contributed by atoms with Gasteiger partial charge in [-0.3, -0.25) is 4.79 Å². The SMILES string of the molecule is Cc1ccc(S(=O)(=O)N2CC=C(c3ccccc3Br)C(c3ccccc3)C2=O)cc1. The zero-order chi connectivity index (χ0) is 21.3. The Labute approximate surface area is 185 Å². The Balaban J connectivity index is 1.83. The third kappa shape index (κ3) is 3.73. The molecule has 0 saturated carbocycles. The van der Waals surface area contributed by atoms with Crippen molar-refractivity contribution in [1.29, 1.82) is 0 Å². The summed E-state index contributed by atoms with van der Waals surface area (Å²) in [6.07, 6.45) is 1.84. The van der Waals surface area contributed by atoms with Gasteiger partial charge in [-0.1, -0.05) is 88.2 Å². The quantitative estimate of drug-likeness (QED) is 0.517. The number of carbonyl (C=O) groups excluding carboxylic acids is 1. The zero-order valence-electron chi connectivity index (χ0n) is 16.3. The third-order valence-electron chi connectivity index (χ3n) is 5.21. The molecule has 1 unspecified atom stereocenters. The number of hydrogen-bond acceptors (Lipinski definition) is 3. The molecule has 1 amide bonds. The summed E-state index contributed by atoms with van der Waals surface area (Å²) in [5.74, 6) is -1.16. The first-order valence-electron chi connectivity index (χ1n) is 9.53. The molecule has 1 aliphatic heterocycles. The van der Waals surface area contributed by atoms with E-state index < -0.39 is 21.8 Å². The lowest BCUT2D eigenvalue weighted by Crippen LogP contribution is -2.43. The van der Waals surface area contributed by atoms with Crippen LogP contribution in [-0.4, -0.2) is 25.2 Å². The van der Waals surface area contributed by atoms with E-state index in [1.165, 1.54) is 0 Å². The minimum atomic E-state index is -3.96. The summed E-state index contributed by atoms with van der Waals surface area (Å²) in [7, 11) is -3.96. The molecule has 0 saturated heterocycles. The third-order valence-corrected chi connectivity index (χ3v) is 7.68. The average molecular weight is 482 g/mol. The summed E-state index contributed by atoms with van der Waals surface area (Å²) in [6, 6.07) is 23.5. The molecule has 0 bridgehead atoms. The number of hydrogen-bond donors (Lipinski definition) is 0. The number of aryl methyl sites for hydroxylation is 1. The summed E-state index contributed by atoms with van der Waals surface area (Å²) in [4.78, 5) is 13.7. The van der Waals surface area contributed by atoms with Crippen molar-refractivity contribution in [3.63, 3.8) is 0 Å². The predicted octanol–water partition coefficient (Wildman–Crippen LogP) is 5.16. The fourth-order valence-electron chi connectivity index (χ4n) is 3.65. The van der Waals surface area contributed by atoms with Crippen LogP contribution in [0.3, 0.4) is 0 Å². The number of benzene rings is 3. The molecule has 0 radical (unpaired) electrons. The second-order valence-electron chi connectivity index (χ2n) is 7.17. The van der Waals surface area contributed by atoms with Gasteiger partial charge in [-0.15, -0.1) is 0 Å². The van der Waals surface area contributed by atoms with E-state index >= 15 is 0 Å². The molecule has 0 fully saturated rings. The van der Waals surface area contributed by atoms with Crippen LogP contribution in [0.15, 0.2) is 94.3 Å². The molecule has 0 aliphatic carbocycles. The highest BCUT2D eigenvalue weighted by Crippen LogP contribution is 2.40. The minimum absolute atomic E-state index is 0.00492. The van der Waals surface area contributed by atoms with E-state index in [1.807, 2.05) is 67.6 Å². The average Bonchev–Trinajstić information content (AvgIpc) is 2.74. The molecule has 0 spiro atoms. The highest BCUT2D eigenvalue weighted by Gasteiger charge is 2.39. The van der Waals surface area contributed by atoms with Crippen molar-refractivity contribution >= 4 is 37.4 Å². The molecule has 6 heteroatoms. The molecule has 0 N–H and O–H groups in total. The monoisotopic (exact) mass is 481 g/mol. The van der Waals surface area contributed by atoms with E-state index in [1.54, 1.807) is 24.3 Å². The molecule has 4 rings (SSSR count). The summed E-state index contributed by atoms with van der Waals surface area (Å²) in [5, 5.41) is 0. The Morgan fingerprint density at radius 2 is 1.53 bits per heavy atom. The van der Waals surface area contributed by atoms with Crippen molar-refractivity contribution in [3.8, 4) is 0 Å². The van der Waals surface area contributed by atoms with Gasteiger partial charge in [-0.2, -0.15) is 0 Å². The largest absolute Gasteiger partial charge is 0.273 e. The highest BCUT2D eigenvalue weighted by molar-refractivity contribution is 9.10. The van der Waals surface area contributed by atoms with Gasteiger partial charge < -0.3 is 0 Å². The molecule has 1 aliphatic rings. The second kappa shape index (κ2) is 8.20.